The Morgan fingerprint density at radius 2 is 2.03 bits per heavy atom. The normalized spacial score (nSPS) is 16.8. The Hall–Kier alpha value is -3.19. The molecule has 1 amide bonds. The van der Waals surface area contributed by atoms with Gasteiger partial charge in [0.1, 0.15) is 11.5 Å². The van der Waals surface area contributed by atoms with Gasteiger partial charge in [0, 0.05) is 36.7 Å². The number of hydrogen-bond donors (Lipinski definition) is 1. The van der Waals surface area contributed by atoms with Gasteiger partial charge >= 0.3 is 0 Å². The van der Waals surface area contributed by atoms with Crippen LogP contribution in [0.5, 0.6) is 11.5 Å². The molecule has 1 atom stereocenters. The number of carbonyl (C=O) groups is 1. The van der Waals surface area contributed by atoms with Gasteiger partial charge in [-0.05, 0) is 69.6 Å². The Morgan fingerprint density at radius 1 is 1.19 bits per heavy atom. The monoisotopic (exact) mass is 419 g/mol. The minimum absolute atomic E-state index is 0.0427. The van der Waals surface area contributed by atoms with Crippen LogP contribution in [0.3, 0.4) is 0 Å². The molecule has 1 aliphatic rings. The van der Waals surface area contributed by atoms with Crippen LogP contribution in [0.2, 0.25) is 0 Å². The minimum Gasteiger partial charge on any atom is -0.456 e. The van der Waals surface area contributed by atoms with Gasteiger partial charge in [-0.1, -0.05) is 6.42 Å². The number of anilines is 1. The number of ether oxygens (including phenoxy) is 1. The molecule has 3 heterocycles. The summed E-state index contributed by atoms with van der Waals surface area (Å²) >= 11 is 0. The Labute approximate surface area is 183 Å². The number of amides is 1. The van der Waals surface area contributed by atoms with E-state index in [9.17, 15) is 4.79 Å². The van der Waals surface area contributed by atoms with Gasteiger partial charge in [-0.3, -0.25) is 19.4 Å². The maximum absolute atomic E-state index is 13.1. The molecule has 162 valence electrons. The number of nitrogens with zero attached hydrogens (tertiary/aromatic N) is 4. The van der Waals surface area contributed by atoms with Crippen LogP contribution in [0.4, 0.5) is 5.69 Å². The molecule has 1 N–H and O–H groups in total. The predicted octanol–water partition coefficient (Wildman–Crippen LogP) is 4.39. The summed E-state index contributed by atoms with van der Waals surface area (Å²) in [5.74, 6) is 1.42. The average Bonchev–Trinajstić information content (AvgIpc) is 3.15. The number of carbonyl (C=O) groups excluding carboxylic acids is 1. The van der Waals surface area contributed by atoms with Crippen LogP contribution in [0, 0.1) is 6.92 Å². The van der Waals surface area contributed by atoms with Crippen LogP contribution in [0.25, 0.3) is 0 Å². The first-order valence-corrected chi connectivity index (χ1v) is 10.9. The van der Waals surface area contributed by atoms with Crippen molar-refractivity contribution in [2.45, 2.75) is 52.2 Å². The molecular weight excluding hydrogens is 390 g/mol. The number of nitrogens with one attached hydrogen (secondary N) is 1. The van der Waals surface area contributed by atoms with E-state index in [1.807, 2.05) is 48.0 Å². The third-order valence-electron chi connectivity index (χ3n) is 5.65. The first-order valence-electron chi connectivity index (χ1n) is 10.9. The molecule has 3 aromatic rings. The van der Waals surface area contributed by atoms with Gasteiger partial charge < -0.3 is 10.1 Å². The van der Waals surface area contributed by atoms with Crippen molar-refractivity contribution in [2.24, 2.45) is 0 Å². The molecule has 1 fully saturated rings. The molecule has 1 saturated heterocycles. The van der Waals surface area contributed by atoms with E-state index < -0.39 is 0 Å². The van der Waals surface area contributed by atoms with Gasteiger partial charge in [-0.25, -0.2) is 0 Å². The number of aryl methyl sites for hydroxylation is 2. The molecule has 0 radical (unpaired) electrons. The third kappa shape index (κ3) is 5.30. The van der Waals surface area contributed by atoms with Crippen LogP contribution in [0.15, 0.2) is 55.0 Å². The predicted molar refractivity (Wildman–Crippen MR) is 120 cm³/mol. The average molecular weight is 420 g/mol. The van der Waals surface area contributed by atoms with Crippen LogP contribution < -0.4 is 10.1 Å². The Bertz CT molecular complexity index is 1000. The van der Waals surface area contributed by atoms with E-state index in [-0.39, 0.29) is 11.9 Å². The van der Waals surface area contributed by atoms with Crippen LogP contribution in [-0.4, -0.2) is 38.2 Å². The van der Waals surface area contributed by atoms with Gasteiger partial charge in [0.2, 0.25) is 5.91 Å². The van der Waals surface area contributed by atoms with Gasteiger partial charge in [0.05, 0.1) is 17.9 Å². The largest absolute Gasteiger partial charge is 0.456 e. The topological polar surface area (TPSA) is 72.3 Å². The second-order valence-electron chi connectivity index (χ2n) is 7.88. The molecule has 1 aromatic carbocycles. The lowest BCUT2D eigenvalue weighted by molar-refractivity contribution is -0.122. The Balaban J connectivity index is 1.39. The lowest BCUT2D eigenvalue weighted by Gasteiger charge is -2.34. The minimum atomic E-state index is -0.135. The molecule has 0 saturated carbocycles. The van der Waals surface area contributed by atoms with Crippen molar-refractivity contribution in [3.63, 3.8) is 0 Å². The van der Waals surface area contributed by atoms with E-state index in [0.29, 0.717) is 11.5 Å². The number of hydrogen-bond acceptors (Lipinski definition) is 5. The molecule has 7 nitrogen and oxygen atoms in total. The second-order valence-corrected chi connectivity index (χ2v) is 7.88. The molecule has 0 aliphatic carbocycles. The fraction of sp³-hybridized carbons (Fsp3) is 0.375. The van der Waals surface area contributed by atoms with Crippen molar-refractivity contribution in [3.05, 3.63) is 66.2 Å². The summed E-state index contributed by atoms with van der Waals surface area (Å²) in [5.41, 5.74) is 3.00. The fourth-order valence-corrected chi connectivity index (χ4v) is 3.95. The van der Waals surface area contributed by atoms with Crippen molar-refractivity contribution in [1.82, 2.24) is 19.7 Å². The van der Waals surface area contributed by atoms with E-state index >= 15 is 0 Å². The van der Waals surface area contributed by atoms with Crippen molar-refractivity contribution < 1.29 is 9.53 Å². The molecule has 2 aromatic heterocycles. The number of likely N-dealkylation sites (tertiary alicyclic amines) is 1. The standard InChI is InChI=1S/C24H29N5O2/c1-3-29-17-19(18(2)27-29)16-28-14-5-4-8-23(28)24(30)26-20-9-11-21(12-10-20)31-22-7-6-13-25-15-22/h6-7,9-13,15,17,23H,3-5,8,14,16H2,1-2H3,(H,26,30). The van der Waals surface area contributed by atoms with Gasteiger partial charge in [0.25, 0.3) is 0 Å². The van der Waals surface area contributed by atoms with E-state index in [0.717, 1.165) is 50.3 Å². The van der Waals surface area contributed by atoms with Crippen molar-refractivity contribution in [2.75, 3.05) is 11.9 Å². The third-order valence-corrected chi connectivity index (χ3v) is 5.65. The summed E-state index contributed by atoms with van der Waals surface area (Å²) in [7, 11) is 0. The summed E-state index contributed by atoms with van der Waals surface area (Å²) in [6, 6.07) is 11.0. The van der Waals surface area contributed by atoms with Crippen molar-refractivity contribution in [1.29, 1.82) is 0 Å². The summed E-state index contributed by atoms with van der Waals surface area (Å²) in [5, 5.41) is 7.62. The fourth-order valence-electron chi connectivity index (χ4n) is 3.95. The molecule has 0 bridgehead atoms. The number of pyridine rings is 1. The molecule has 1 aliphatic heterocycles. The molecule has 31 heavy (non-hydrogen) atoms. The first-order chi connectivity index (χ1) is 15.1. The zero-order valence-corrected chi connectivity index (χ0v) is 18.1. The van der Waals surface area contributed by atoms with Gasteiger partial charge in [0.15, 0.2) is 0 Å². The molecule has 7 heteroatoms. The molecular formula is C24H29N5O2. The molecule has 4 rings (SSSR count). The summed E-state index contributed by atoms with van der Waals surface area (Å²) in [6.45, 7) is 6.65. The van der Waals surface area contributed by atoms with E-state index in [1.54, 1.807) is 12.4 Å². The van der Waals surface area contributed by atoms with Crippen molar-refractivity contribution in [3.8, 4) is 11.5 Å². The lowest BCUT2D eigenvalue weighted by Crippen LogP contribution is -2.46. The van der Waals surface area contributed by atoms with Crippen LogP contribution >= 0.6 is 0 Å². The van der Waals surface area contributed by atoms with E-state index in [2.05, 4.69) is 33.4 Å². The first kappa shape index (κ1) is 21.1. The maximum Gasteiger partial charge on any atom is 0.241 e. The zero-order valence-electron chi connectivity index (χ0n) is 18.1. The Kier molecular flexibility index (Phi) is 6.62. The van der Waals surface area contributed by atoms with Crippen LogP contribution in [0.1, 0.15) is 37.4 Å². The van der Waals surface area contributed by atoms with E-state index in [1.165, 1.54) is 5.56 Å². The number of piperidine rings is 1. The highest BCUT2D eigenvalue weighted by Crippen LogP contribution is 2.24. The van der Waals surface area contributed by atoms with Crippen molar-refractivity contribution >= 4 is 11.6 Å². The Morgan fingerprint density at radius 3 is 2.74 bits per heavy atom. The molecule has 0 spiro atoms. The number of rotatable bonds is 7. The highest BCUT2D eigenvalue weighted by Gasteiger charge is 2.29. The summed E-state index contributed by atoms with van der Waals surface area (Å²) in [4.78, 5) is 19.4. The second kappa shape index (κ2) is 9.75. The maximum atomic E-state index is 13.1. The molecule has 1 unspecified atom stereocenters. The lowest BCUT2D eigenvalue weighted by atomic mass is 10.0. The SMILES string of the molecule is CCn1cc(CN2CCCCC2C(=O)Nc2ccc(Oc3cccnc3)cc2)c(C)n1. The summed E-state index contributed by atoms with van der Waals surface area (Å²) < 4.78 is 7.73. The van der Waals surface area contributed by atoms with E-state index in [4.69, 9.17) is 4.74 Å². The highest BCUT2D eigenvalue weighted by atomic mass is 16.5. The van der Waals surface area contributed by atoms with Gasteiger partial charge in [-0.2, -0.15) is 5.10 Å². The zero-order chi connectivity index (χ0) is 21.6. The summed E-state index contributed by atoms with van der Waals surface area (Å²) in [6.07, 6.45) is 8.52. The van der Waals surface area contributed by atoms with Crippen LogP contribution in [-0.2, 0) is 17.9 Å². The van der Waals surface area contributed by atoms with Gasteiger partial charge in [-0.15, -0.1) is 0 Å². The number of aromatic nitrogens is 3. The quantitative estimate of drug-likeness (QED) is 0.615. The smallest absolute Gasteiger partial charge is 0.241 e. The number of benzene rings is 1. The highest BCUT2D eigenvalue weighted by molar-refractivity contribution is 5.94.